The third kappa shape index (κ3) is 9.76. The molecule has 0 aliphatic heterocycles. The predicted molar refractivity (Wildman–Crippen MR) is 86.9 cm³/mol. The molecule has 0 bridgehead atoms. The van der Waals surface area contributed by atoms with Crippen LogP contribution in [0, 0.1) is 5.92 Å². The quantitative estimate of drug-likeness (QED) is 0.664. The first-order valence-corrected chi connectivity index (χ1v) is 8.03. The van der Waals surface area contributed by atoms with Crippen LogP contribution in [-0.2, 0) is 19.1 Å². The lowest BCUT2D eigenvalue weighted by Gasteiger charge is -2.26. The molecule has 0 aromatic heterocycles. The molecule has 2 atom stereocenters. The Morgan fingerprint density at radius 1 is 1.13 bits per heavy atom. The predicted octanol–water partition coefficient (Wildman–Crippen LogP) is 2.00. The van der Waals surface area contributed by atoms with Crippen LogP contribution in [0.15, 0.2) is 0 Å². The number of esters is 1. The van der Waals surface area contributed by atoms with E-state index in [1.165, 1.54) is 0 Å². The van der Waals surface area contributed by atoms with Crippen molar-refractivity contribution in [2.24, 2.45) is 5.92 Å². The van der Waals surface area contributed by atoms with Crippen molar-refractivity contribution in [3.05, 3.63) is 0 Å². The van der Waals surface area contributed by atoms with E-state index in [-0.39, 0.29) is 30.8 Å². The average molecular weight is 330 g/mol. The van der Waals surface area contributed by atoms with Crippen molar-refractivity contribution in [1.82, 2.24) is 10.6 Å². The Hall–Kier alpha value is -1.79. The molecule has 23 heavy (non-hydrogen) atoms. The summed E-state index contributed by atoms with van der Waals surface area (Å²) in [7, 11) is 0. The maximum atomic E-state index is 12.3. The van der Waals surface area contributed by atoms with Crippen LogP contribution in [0.1, 0.15) is 54.4 Å². The van der Waals surface area contributed by atoms with Gasteiger partial charge in [-0.1, -0.05) is 20.3 Å². The summed E-state index contributed by atoms with van der Waals surface area (Å²) in [5.41, 5.74) is -0.634. The van der Waals surface area contributed by atoms with Crippen LogP contribution in [-0.4, -0.2) is 42.8 Å². The third-order valence-corrected chi connectivity index (χ3v) is 3.10. The monoisotopic (exact) mass is 330 g/mol. The Bertz CT molecular complexity index is 404. The first-order valence-electron chi connectivity index (χ1n) is 8.03. The molecule has 2 amide bonds. The van der Waals surface area contributed by atoms with E-state index in [9.17, 15) is 14.4 Å². The Balaban J connectivity index is 4.56. The zero-order valence-corrected chi connectivity index (χ0v) is 15.0. The van der Waals surface area contributed by atoms with E-state index in [0.29, 0.717) is 13.0 Å². The minimum Gasteiger partial charge on any atom is -0.466 e. The molecule has 2 N–H and O–H groups in total. The van der Waals surface area contributed by atoms with Gasteiger partial charge in [0.15, 0.2) is 0 Å². The zero-order chi connectivity index (χ0) is 18.0. The molecule has 0 radical (unpaired) electrons. The third-order valence-electron chi connectivity index (χ3n) is 3.10. The summed E-state index contributed by atoms with van der Waals surface area (Å²) >= 11 is 0. The summed E-state index contributed by atoms with van der Waals surface area (Å²) in [6, 6.07) is -0.711. The van der Waals surface area contributed by atoms with Gasteiger partial charge < -0.3 is 20.1 Å². The van der Waals surface area contributed by atoms with E-state index in [1.54, 1.807) is 27.7 Å². The van der Waals surface area contributed by atoms with E-state index < -0.39 is 17.7 Å². The van der Waals surface area contributed by atoms with E-state index in [0.717, 1.165) is 0 Å². The standard InChI is InChI=1S/C16H30N2O5/c1-7-11(3)13(18-15(21)23-16(4,5)6)14(20)17-10-9-12(19)22-8-2/h11,13H,7-10H2,1-6H3,(H,17,20)(H,18,21)/t11-,13?/m0/s1. The lowest BCUT2D eigenvalue weighted by Crippen LogP contribution is -2.51. The van der Waals surface area contributed by atoms with Crippen LogP contribution in [0.2, 0.25) is 0 Å². The molecule has 0 rings (SSSR count). The Morgan fingerprint density at radius 3 is 2.22 bits per heavy atom. The molecule has 0 fully saturated rings. The topological polar surface area (TPSA) is 93.7 Å². The molecule has 7 heteroatoms. The van der Waals surface area contributed by atoms with Gasteiger partial charge >= 0.3 is 12.1 Å². The van der Waals surface area contributed by atoms with Gasteiger partial charge in [0.1, 0.15) is 11.6 Å². The molecular formula is C16H30N2O5. The fraction of sp³-hybridized carbons (Fsp3) is 0.812. The summed E-state index contributed by atoms with van der Waals surface area (Å²) in [6.45, 7) is 11.3. The van der Waals surface area contributed by atoms with Crippen LogP contribution in [0.3, 0.4) is 0 Å². The fourth-order valence-electron chi connectivity index (χ4n) is 1.77. The number of carbonyl (C=O) groups excluding carboxylic acids is 3. The van der Waals surface area contributed by atoms with Crippen LogP contribution < -0.4 is 10.6 Å². The molecule has 134 valence electrons. The van der Waals surface area contributed by atoms with Gasteiger partial charge in [-0.3, -0.25) is 9.59 Å². The minimum atomic E-state index is -0.711. The van der Waals surface area contributed by atoms with Crippen molar-refractivity contribution in [2.75, 3.05) is 13.2 Å². The number of alkyl carbamates (subject to hydrolysis) is 1. The van der Waals surface area contributed by atoms with Gasteiger partial charge in [-0.15, -0.1) is 0 Å². The number of carbonyl (C=O) groups is 3. The second-order valence-electron chi connectivity index (χ2n) is 6.36. The van der Waals surface area contributed by atoms with E-state index >= 15 is 0 Å². The number of hydrogen-bond donors (Lipinski definition) is 2. The van der Waals surface area contributed by atoms with Crippen molar-refractivity contribution in [3.8, 4) is 0 Å². The Kier molecular flexibility index (Phi) is 9.29. The lowest BCUT2D eigenvalue weighted by atomic mass is 9.98. The summed E-state index contributed by atoms with van der Waals surface area (Å²) in [5.74, 6) is -0.771. The van der Waals surface area contributed by atoms with E-state index in [1.807, 2.05) is 13.8 Å². The zero-order valence-electron chi connectivity index (χ0n) is 15.0. The number of amides is 2. The first kappa shape index (κ1) is 21.2. The summed E-state index contributed by atoms with van der Waals surface area (Å²) in [6.07, 6.45) is 0.175. The lowest BCUT2D eigenvalue weighted by molar-refractivity contribution is -0.143. The van der Waals surface area contributed by atoms with Crippen molar-refractivity contribution in [3.63, 3.8) is 0 Å². The number of nitrogens with one attached hydrogen (secondary N) is 2. The highest BCUT2D eigenvalue weighted by Crippen LogP contribution is 2.11. The number of rotatable bonds is 8. The van der Waals surface area contributed by atoms with Crippen molar-refractivity contribution < 1.29 is 23.9 Å². The minimum absolute atomic E-state index is 0.0647. The van der Waals surface area contributed by atoms with E-state index in [4.69, 9.17) is 9.47 Å². The smallest absolute Gasteiger partial charge is 0.408 e. The maximum Gasteiger partial charge on any atom is 0.408 e. The normalized spacial score (nSPS) is 13.7. The molecule has 7 nitrogen and oxygen atoms in total. The van der Waals surface area contributed by atoms with Gasteiger partial charge in [0.2, 0.25) is 5.91 Å². The molecule has 0 aromatic rings. The largest absolute Gasteiger partial charge is 0.466 e. The van der Waals surface area contributed by atoms with Crippen molar-refractivity contribution >= 4 is 18.0 Å². The van der Waals surface area contributed by atoms with Crippen molar-refractivity contribution in [1.29, 1.82) is 0 Å². The van der Waals surface area contributed by atoms with Crippen LogP contribution in [0.25, 0.3) is 0 Å². The van der Waals surface area contributed by atoms with Crippen LogP contribution in [0.5, 0.6) is 0 Å². The maximum absolute atomic E-state index is 12.3. The molecular weight excluding hydrogens is 300 g/mol. The molecule has 0 aromatic carbocycles. The van der Waals surface area contributed by atoms with Gasteiger partial charge in [0.05, 0.1) is 13.0 Å². The molecule has 0 heterocycles. The Morgan fingerprint density at radius 2 is 1.74 bits per heavy atom. The second kappa shape index (κ2) is 10.1. The van der Waals surface area contributed by atoms with Gasteiger partial charge in [-0.25, -0.2) is 4.79 Å². The molecule has 0 saturated heterocycles. The summed E-state index contributed by atoms with van der Waals surface area (Å²) in [5, 5.41) is 5.24. The Labute approximate surface area is 138 Å². The fourth-order valence-corrected chi connectivity index (χ4v) is 1.77. The van der Waals surface area contributed by atoms with Gasteiger partial charge in [-0.05, 0) is 33.6 Å². The number of hydrogen-bond acceptors (Lipinski definition) is 5. The molecule has 1 unspecified atom stereocenters. The SMILES string of the molecule is CCOC(=O)CCNC(=O)C(NC(=O)OC(C)(C)C)[C@@H](C)CC. The summed E-state index contributed by atoms with van der Waals surface area (Å²) in [4.78, 5) is 35.4. The molecule has 0 aliphatic carbocycles. The average Bonchev–Trinajstić information content (AvgIpc) is 2.42. The van der Waals surface area contributed by atoms with Gasteiger partial charge in [0, 0.05) is 6.54 Å². The first-order chi connectivity index (χ1) is 10.6. The summed E-state index contributed by atoms with van der Waals surface area (Å²) < 4.78 is 9.98. The second-order valence-corrected chi connectivity index (χ2v) is 6.36. The highest BCUT2D eigenvalue weighted by Gasteiger charge is 2.28. The van der Waals surface area contributed by atoms with Crippen LogP contribution >= 0.6 is 0 Å². The van der Waals surface area contributed by atoms with Gasteiger partial charge in [-0.2, -0.15) is 0 Å². The molecule has 0 spiro atoms. The highest BCUT2D eigenvalue weighted by molar-refractivity contribution is 5.86. The number of ether oxygens (including phenoxy) is 2. The van der Waals surface area contributed by atoms with Gasteiger partial charge in [0.25, 0.3) is 0 Å². The van der Waals surface area contributed by atoms with Crippen molar-refractivity contribution in [2.45, 2.75) is 66.0 Å². The van der Waals surface area contributed by atoms with Crippen LogP contribution in [0.4, 0.5) is 4.79 Å². The molecule has 0 saturated carbocycles. The highest BCUT2D eigenvalue weighted by atomic mass is 16.6. The molecule has 0 aliphatic rings. The van der Waals surface area contributed by atoms with E-state index in [2.05, 4.69) is 10.6 Å².